The molecule has 7 rings (SSSR count). The zero-order valence-electron chi connectivity index (χ0n) is 24.3. The molecule has 0 nitrogen and oxygen atoms in total. The van der Waals surface area contributed by atoms with Crippen LogP contribution in [0.4, 0.5) is 0 Å². The smallest absolute Gasteiger partial charge is 0.172 e. The molecule has 1 fully saturated rings. The number of halogens is 2. The molecular formula is C36H40Cl2Zr-2. The molecule has 0 N–H and O–H groups in total. The third-order valence-corrected chi connectivity index (χ3v) is 9.67. The van der Waals surface area contributed by atoms with E-state index in [-0.39, 0.29) is 35.6 Å². The predicted octanol–water partition coefficient (Wildman–Crippen LogP) is 3.53. The van der Waals surface area contributed by atoms with E-state index in [2.05, 4.69) is 78.0 Å². The molecule has 0 aromatic heterocycles. The molecule has 1 saturated carbocycles. The Balaban J connectivity index is 0.000000250. The van der Waals surface area contributed by atoms with Crippen molar-refractivity contribution in [2.75, 3.05) is 0 Å². The van der Waals surface area contributed by atoms with Crippen LogP contribution in [0.2, 0.25) is 0 Å². The van der Waals surface area contributed by atoms with Crippen LogP contribution in [0.3, 0.4) is 0 Å². The van der Waals surface area contributed by atoms with Crippen molar-refractivity contribution in [1.29, 1.82) is 0 Å². The first-order valence-corrected chi connectivity index (χ1v) is 15.2. The van der Waals surface area contributed by atoms with Gasteiger partial charge in [0.2, 0.25) is 0 Å². The minimum Gasteiger partial charge on any atom is -0.214 e. The Morgan fingerprint density at radius 3 is 1.82 bits per heavy atom. The molecule has 4 aliphatic carbocycles. The van der Waals surface area contributed by atoms with Gasteiger partial charge in [-0.3, -0.25) is 6.08 Å². The SMILES string of the molecule is CC1=[C-]C(C)(C)c2cc3c(cc21)-c1cc2c(cc1C3)C(C)(C)C=C2C.[Cl-].[Cl-].[Zr+2]=[C]1CCCCC1.c1cc[cH-]c1. The molecular weight excluding hydrogens is 595 g/mol. The van der Waals surface area contributed by atoms with E-state index < -0.39 is 0 Å². The van der Waals surface area contributed by atoms with E-state index in [1.807, 2.05) is 30.3 Å². The Bertz CT molecular complexity index is 1290. The first-order valence-electron chi connectivity index (χ1n) is 14.0. The van der Waals surface area contributed by atoms with Gasteiger partial charge in [-0.15, -0.1) is 11.6 Å². The summed E-state index contributed by atoms with van der Waals surface area (Å²) in [5.74, 6) is 0. The molecule has 204 valence electrons. The van der Waals surface area contributed by atoms with E-state index in [0.717, 1.165) is 6.42 Å². The summed E-state index contributed by atoms with van der Waals surface area (Å²) in [5, 5.41) is 0. The van der Waals surface area contributed by atoms with Crippen LogP contribution in [0.15, 0.2) is 60.7 Å². The van der Waals surface area contributed by atoms with Crippen molar-refractivity contribution < 1.29 is 49.0 Å². The number of benzene rings is 2. The van der Waals surface area contributed by atoms with E-state index in [0.29, 0.717) is 0 Å². The van der Waals surface area contributed by atoms with Gasteiger partial charge >= 0.3 is 59.5 Å². The van der Waals surface area contributed by atoms with Gasteiger partial charge in [-0.1, -0.05) is 58.2 Å². The summed E-state index contributed by atoms with van der Waals surface area (Å²) in [5.41, 5.74) is 14.5. The molecule has 0 spiro atoms. The van der Waals surface area contributed by atoms with Gasteiger partial charge in [-0.05, 0) is 58.4 Å². The van der Waals surface area contributed by atoms with E-state index >= 15 is 0 Å². The Hall–Kier alpha value is -1.40. The molecule has 0 radical (unpaired) electrons. The molecule has 0 heterocycles. The quantitative estimate of drug-likeness (QED) is 0.260. The maximum absolute atomic E-state index is 3.65. The molecule has 39 heavy (non-hydrogen) atoms. The maximum Gasteiger partial charge on any atom is -0.172 e. The molecule has 3 aromatic rings. The third-order valence-electron chi connectivity index (χ3n) is 8.44. The van der Waals surface area contributed by atoms with Gasteiger partial charge in [-0.2, -0.15) is 23.8 Å². The van der Waals surface area contributed by atoms with Crippen LogP contribution >= 0.6 is 0 Å². The van der Waals surface area contributed by atoms with E-state index in [9.17, 15) is 0 Å². The largest absolute Gasteiger partial charge is 0.214 e. The molecule has 0 unspecified atom stereocenters. The number of rotatable bonds is 0. The van der Waals surface area contributed by atoms with Gasteiger partial charge in [0.25, 0.3) is 0 Å². The summed E-state index contributed by atoms with van der Waals surface area (Å²) in [6.45, 7) is 13.7. The van der Waals surface area contributed by atoms with Crippen LogP contribution in [0.25, 0.3) is 22.3 Å². The average Bonchev–Trinajstić information content (AvgIpc) is 3.61. The molecule has 0 saturated heterocycles. The van der Waals surface area contributed by atoms with Gasteiger partial charge in [0.1, 0.15) is 0 Å². The van der Waals surface area contributed by atoms with Crippen molar-refractivity contribution in [1.82, 2.24) is 0 Å². The zero-order valence-corrected chi connectivity index (χ0v) is 28.2. The first kappa shape index (κ1) is 32.1. The standard InChI is InChI=1S/C25H25.C6H10.C5H5.2ClH.Zr/c1-14-12-24(3,4)22-8-16-7-17-9-23-19(15(2)13-25(23,5)6)11-21(17)20(16)10-18(14)22;1-2-4-6-5-3-1;1-2-4-5-3-1;;;/h8-12H,7H2,1-6H3;1-5H2;1-5H;2*1H;/q-1;;-1;;;+2/p-2. The minimum absolute atomic E-state index is 0. The van der Waals surface area contributed by atoms with Crippen LogP contribution in [0.1, 0.15) is 107 Å². The summed E-state index contributed by atoms with van der Waals surface area (Å²) in [6, 6.07) is 19.8. The zero-order chi connectivity index (χ0) is 26.4. The monoisotopic (exact) mass is 632 g/mol. The van der Waals surface area contributed by atoms with Crippen molar-refractivity contribution in [2.24, 2.45) is 0 Å². The molecule has 0 aliphatic heterocycles. The summed E-state index contributed by atoms with van der Waals surface area (Å²) in [7, 11) is 0. The number of allylic oxidation sites excluding steroid dienone is 4. The Labute approximate surface area is 263 Å². The van der Waals surface area contributed by atoms with E-state index in [1.165, 1.54) is 87.8 Å². The van der Waals surface area contributed by atoms with Gasteiger partial charge in [0, 0.05) is 5.41 Å². The first-order chi connectivity index (χ1) is 17.6. The van der Waals surface area contributed by atoms with Gasteiger partial charge in [0.05, 0.1) is 0 Å². The third kappa shape index (κ3) is 6.58. The number of hydrogen-bond donors (Lipinski definition) is 0. The summed E-state index contributed by atoms with van der Waals surface area (Å²) in [4.78, 5) is 0. The van der Waals surface area contributed by atoms with Crippen molar-refractivity contribution in [3.05, 3.63) is 100 Å². The predicted molar refractivity (Wildman–Crippen MR) is 157 cm³/mol. The van der Waals surface area contributed by atoms with Gasteiger partial charge in [0.15, 0.2) is 0 Å². The molecule has 3 aromatic carbocycles. The summed E-state index contributed by atoms with van der Waals surface area (Å²) >= 11 is 1.69. The fourth-order valence-corrected chi connectivity index (χ4v) is 7.44. The molecule has 0 amide bonds. The van der Waals surface area contributed by atoms with E-state index in [4.69, 9.17) is 0 Å². The van der Waals surface area contributed by atoms with Crippen LogP contribution in [-0.2, 0) is 41.5 Å². The second-order valence-electron chi connectivity index (χ2n) is 12.3. The topological polar surface area (TPSA) is 0 Å². The molecule has 3 heteroatoms. The van der Waals surface area contributed by atoms with Crippen molar-refractivity contribution >= 4 is 14.4 Å². The number of hydrogen-bond acceptors (Lipinski definition) is 0. The Kier molecular flexibility index (Phi) is 10.4. The minimum atomic E-state index is 0. The Morgan fingerprint density at radius 2 is 1.31 bits per heavy atom. The van der Waals surface area contributed by atoms with Crippen molar-refractivity contribution in [2.45, 2.75) is 90.9 Å². The normalized spacial score (nSPS) is 18.3. The molecule has 0 atom stereocenters. The van der Waals surface area contributed by atoms with E-state index in [1.54, 1.807) is 27.4 Å². The van der Waals surface area contributed by atoms with Crippen LogP contribution in [0.5, 0.6) is 0 Å². The second-order valence-corrected chi connectivity index (χ2v) is 14.1. The summed E-state index contributed by atoms with van der Waals surface area (Å²) < 4.78 is 1.80. The fourth-order valence-electron chi connectivity index (χ4n) is 6.57. The summed E-state index contributed by atoms with van der Waals surface area (Å²) in [6.07, 6.45) is 14.4. The Morgan fingerprint density at radius 1 is 0.744 bits per heavy atom. The van der Waals surface area contributed by atoms with Gasteiger partial charge in [-0.25, -0.2) is 17.7 Å². The van der Waals surface area contributed by atoms with Crippen LogP contribution in [0, 0.1) is 6.08 Å². The van der Waals surface area contributed by atoms with Gasteiger partial charge < -0.3 is 24.8 Å². The van der Waals surface area contributed by atoms with Crippen LogP contribution < -0.4 is 24.8 Å². The average molecular weight is 635 g/mol. The maximum atomic E-state index is 3.65. The fraction of sp³-hybridized carbons (Fsp3) is 0.389. The molecule has 0 bridgehead atoms. The molecule has 4 aliphatic rings. The van der Waals surface area contributed by atoms with Crippen LogP contribution in [-0.4, -0.2) is 3.21 Å². The van der Waals surface area contributed by atoms with Crippen molar-refractivity contribution in [3.63, 3.8) is 0 Å². The van der Waals surface area contributed by atoms with Crippen molar-refractivity contribution in [3.8, 4) is 11.1 Å². The number of fused-ring (bicyclic) bond motifs is 5. The second kappa shape index (κ2) is 12.6.